The lowest BCUT2D eigenvalue weighted by Gasteiger charge is -2.13. The predicted molar refractivity (Wildman–Crippen MR) is 270 cm³/mol. The van der Waals surface area contributed by atoms with Gasteiger partial charge < -0.3 is 4.74 Å². The number of fused-ring (bicyclic) bond motifs is 3. The Bertz CT molecular complexity index is 2390. The Balaban J connectivity index is 1.33. The summed E-state index contributed by atoms with van der Waals surface area (Å²) in [6, 6.07) is 14.3. The van der Waals surface area contributed by atoms with Crippen molar-refractivity contribution in [3.05, 3.63) is 66.6 Å². The molecule has 7 rings (SSSR count). The Morgan fingerprint density at radius 2 is 1.18 bits per heavy atom. The lowest BCUT2D eigenvalue weighted by atomic mass is 9.95. The van der Waals surface area contributed by atoms with Gasteiger partial charge in [-0.25, -0.2) is 9.18 Å². The SMILES string of the molecule is CCCCCCCCOC(=O)c1sc2c(-c3cc4c(-c5ccc(CC(CC)CCCC)s5)c5sc(C)cc5c(-c5ccc(CC(CC)CCCC)s5)c4s3)sc(C)c2c1F. The molecule has 0 bridgehead atoms. The van der Waals surface area contributed by atoms with Gasteiger partial charge in [0.15, 0.2) is 5.82 Å². The minimum Gasteiger partial charge on any atom is -0.461 e. The van der Waals surface area contributed by atoms with Crippen molar-refractivity contribution in [2.24, 2.45) is 11.8 Å². The predicted octanol–water partition coefficient (Wildman–Crippen LogP) is 19.3. The second-order valence-corrected chi connectivity index (χ2v) is 23.7. The number of hydrogen-bond acceptors (Lipinski definition) is 8. The van der Waals surface area contributed by atoms with Crippen LogP contribution in [0.15, 0.2) is 36.4 Å². The van der Waals surface area contributed by atoms with Crippen LogP contribution in [0.2, 0.25) is 0 Å². The standard InChI is InChI=1S/C51H63FO2S6/c1-8-13-16-17-18-19-26-54-51(53)50-45(52)42-32(7)56-48(49(42)60-50)41-30-38-44(40-25-23-36(58-40)29-34(12-5)21-15-10-3)46-37(27-31(6)55-46)43(47(38)59-41)39-24-22-35(57-39)28-33(11-4)20-14-9-2/h22-25,27,30,33-34H,8-21,26,28-29H2,1-7H3. The fourth-order valence-corrected chi connectivity index (χ4v) is 16.2. The third-order valence-electron chi connectivity index (χ3n) is 12.3. The molecule has 60 heavy (non-hydrogen) atoms. The van der Waals surface area contributed by atoms with Crippen molar-refractivity contribution in [1.29, 1.82) is 0 Å². The van der Waals surface area contributed by atoms with Gasteiger partial charge in [-0.2, -0.15) is 0 Å². The van der Waals surface area contributed by atoms with E-state index in [1.165, 1.54) is 138 Å². The molecule has 322 valence electrons. The highest BCUT2D eigenvalue weighted by Crippen LogP contribution is 2.55. The minimum atomic E-state index is -0.531. The van der Waals surface area contributed by atoms with Crippen molar-refractivity contribution < 1.29 is 13.9 Å². The molecule has 0 fully saturated rings. The molecule has 2 unspecified atom stereocenters. The molecule has 6 heterocycles. The van der Waals surface area contributed by atoms with Gasteiger partial charge in [0, 0.05) is 70.8 Å². The summed E-state index contributed by atoms with van der Waals surface area (Å²) >= 11 is 10.6. The van der Waals surface area contributed by atoms with Crippen LogP contribution in [0.25, 0.3) is 60.9 Å². The van der Waals surface area contributed by atoms with Crippen LogP contribution >= 0.6 is 68.0 Å². The van der Waals surface area contributed by atoms with Crippen LogP contribution in [0, 0.1) is 31.5 Å². The maximum Gasteiger partial charge on any atom is 0.351 e. The van der Waals surface area contributed by atoms with Crippen molar-refractivity contribution in [2.75, 3.05) is 6.61 Å². The maximum atomic E-state index is 16.2. The third-order valence-corrected chi connectivity index (χ3v) is 19.3. The number of benzene rings is 1. The Morgan fingerprint density at radius 3 is 1.78 bits per heavy atom. The normalized spacial score (nSPS) is 13.1. The average molecular weight is 919 g/mol. The Labute approximate surface area is 382 Å². The molecule has 2 atom stereocenters. The van der Waals surface area contributed by atoms with E-state index in [0.717, 1.165) is 51.4 Å². The van der Waals surface area contributed by atoms with Crippen molar-refractivity contribution in [3.63, 3.8) is 0 Å². The summed E-state index contributed by atoms with van der Waals surface area (Å²) in [6.07, 6.45) is 19.0. The van der Waals surface area contributed by atoms with Crippen LogP contribution in [0.1, 0.15) is 154 Å². The summed E-state index contributed by atoms with van der Waals surface area (Å²) < 4.78 is 25.4. The van der Waals surface area contributed by atoms with Gasteiger partial charge in [0.25, 0.3) is 0 Å². The number of carbonyl (C=O) groups excluding carboxylic acids is 1. The zero-order valence-electron chi connectivity index (χ0n) is 36.8. The third kappa shape index (κ3) is 10.0. The number of thiophene rings is 6. The molecule has 0 spiro atoms. The van der Waals surface area contributed by atoms with E-state index >= 15 is 4.39 Å². The lowest BCUT2D eigenvalue weighted by Crippen LogP contribution is -2.06. The highest BCUT2D eigenvalue weighted by molar-refractivity contribution is 7.32. The molecule has 9 heteroatoms. The summed E-state index contributed by atoms with van der Waals surface area (Å²) in [5, 5.41) is 3.20. The summed E-state index contributed by atoms with van der Waals surface area (Å²) in [4.78, 5) is 23.5. The van der Waals surface area contributed by atoms with E-state index in [1.807, 2.05) is 52.3 Å². The molecule has 0 amide bonds. The van der Waals surface area contributed by atoms with Gasteiger partial charge >= 0.3 is 5.97 Å². The number of rotatable bonds is 23. The van der Waals surface area contributed by atoms with Crippen LogP contribution < -0.4 is 0 Å². The number of unbranched alkanes of at least 4 members (excludes halogenated alkanes) is 7. The van der Waals surface area contributed by atoms with E-state index in [-0.39, 0.29) is 4.88 Å². The second kappa shape index (κ2) is 21.3. The first kappa shape index (κ1) is 45.6. The van der Waals surface area contributed by atoms with Gasteiger partial charge in [-0.1, -0.05) is 118 Å². The van der Waals surface area contributed by atoms with Gasteiger partial charge in [0.05, 0.1) is 16.2 Å². The first-order chi connectivity index (χ1) is 29.2. The van der Waals surface area contributed by atoms with E-state index in [2.05, 4.69) is 77.9 Å². The van der Waals surface area contributed by atoms with E-state index in [1.54, 1.807) is 11.3 Å². The lowest BCUT2D eigenvalue weighted by molar-refractivity contribution is 0.0499. The molecule has 2 nitrogen and oxygen atoms in total. The largest absolute Gasteiger partial charge is 0.461 e. The number of carbonyl (C=O) groups is 1. The quantitative estimate of drug-likeness (QED) is 0.0472. The fraction of sp³-hybridized carbons (Fsp3) is 0.510. The highest BCUT2D eigenvalue weighted by atomic mass is 32.1. The van der Waals surface area contributed by atoms with Gasteiger partial charge in [-0.15, -0.1) is 68.0 Å². The zero-order valence-corrected chi connectivity index (χ0v) is 41.7. The van der Waals surface area contributed by atoms with E-state index in [9.17, 15) is 4.79 Å². The number of ether oxygens (including phenoxy) is 1. The Hall–Kier alpha value is -2.40. The summed E-state index contributed by atoms with van der Waals surface area (Å²) in [5.41, 5.74) is 2.68. The van der Waals surface area contributed by atoms with Gasteiger partial charge in [-0.05, 0) is 81.3 Å². The smallest absolute Gasteiger partial charge is 0.351 e. The van der Waals surface area contributed by atoms with E-state index in [4.69, 9.17) is 4.74 Å². The molecule has 0 aliphatic rings. The molecule has 0 N–H and O–H groups in total. The molecule has 0 aliphatic carbocycles. The zero-order chi connectivity index (χ0) is 42.3. The van der Waals surface area contributed by atoms with Crippen molar-refractivity contribution >= 4 is 104 Å². The van der Waals surface area contributed by atoms with Gasteiger partial charge in [0.2, 0.25) is 0 Å². The number of halogens is 1. The molecule has 0 saturated carbocycles. The van der Waals surface area contributed by atoms with Crippen LogP contribution in [0.3, 0.4) is 0 Å². The van der Waals surface area contributed by atoms with Crippen LogP contribution in [0.4, 0.5) is 4.39 Å². The Morgan fingerprint density at radius 1 is 0.617 bits per heavy atom. The first-order valence-electron chi connectivity index (χ1n) is 22.8. The molecular weight excluding hydrogens is 856 g/mol. The second-order valence-electron chi connectivity index (χ2n) is 16.8. The number of esters is 1. The Kier molecular flexibility index (Phi) is 16.2. The molecule has 0 radical (unpaired) electrons. The van der Waals surface area contributed by atoms with Crippen molar-refractivity contribution in [3.8, 4) is 30.6 Å². The van der Waals surface area contributed by atoms with Crippen LogP contribution in [-0.2, 0) is 17.6 Å². The van der Waals surface area contributed by atoms with Gasteiger partial charge in [-0.3, -0.25) is 0 Å². The molecule has 6 aromatic heterocycles. The van der Waals surface area contributed by atoms with E-state index in [0.29, 0.717) is 23.8 Å². The number of hydrogen-bond donors (Lipinski definition) is 0. The first-order valence-corrected chi connectivity index (χ1v) is 27.7. The van der Waals surface area contributed by atoms with Crippen LogP contribution in [-0.4, -0.2) is 12.6 Å². The maximum absolute atomic E-state index is 16.2. The van der Waals surface area contributed by atoms with Crippen LogP contribution in [0.5, 0.6) is 0 Å². The number of aryl methyl sites for hydroxylation is 2. The topological polar surface area (TPSA) is 26.3 Å². The van der Waals surface area contributed by atoms with E-state index < -0.39 is 11.8 Å². The molecule has 0 saturated heterocycles. The average Bonchev–Trinajstić information content (AvgIpc) is 4.11. The fourth-order valence-electron chi connectivity index (χ4n) is 8.74. The highest BCUT2D eigenvalue weighted by Gasteiger charge is 2.28. The van der Waals surface area contributed by atoms with Gasteiger partial charge in [0.1, 0.15) is 4.88 Å². The molecular formula is C51H63FO2S6. The van der Waals surface area contributed by atoms with Crippen molar-refractivity contribution in [1.82, 2.24) is 0 Å². The molecule has 7 aromatic rings. The van der Waals surface area contributed by atoms with Crippen molar-refractivity contribution in [2.45, 2.75) is 151 Å². The monoisotopic (exact) mass is 918 g/mol. The summed E-state index contributed by atoms with van der Waals surface area (Å²) in [5.74, 6) is 0.473. The summed E-state index contributed by atoms with van der Waals surface area (Å²) in [7, 11) is 0. The summed E-state index contributed by atoms with van der Waals surface area (Å²) in [6.45, 7) is 16.1. The minimum absolute atomic E-state index is 0.104. The molecule has 1 aromatic carbocycles. The molecule has 0 aliphatic heterocycles.